The number of carbonyl (C=O) groups excluding carboxylic acids is 1. The van der Waals surface area contributed by atoms with Crippen molar-refractivity contribution in [3.63, 3.8) is 0 Å². The van der Waals surface area contributed by atoms with Gasteiger partial charge in [-0.05, 0) is 19.4 Å². The number of carbonyl (C=O) groups is 2. The Balaban J connectivity index is 2.86. The fraction of sp³-hybridized carbons (Fsp3) is 0.364. The molecule has 4 N–H and O–H groups in total. The number of carboxylic acids is 1. The third kappa shape index (κ3) is 3.25. The molecule has 6 nitrogen and oxygen atoms in total. The van der Waals surface area contributed by atoms with E-state index < -0.39 is 11.5 Å². The predicted octanol–water partition coefficient (Wildman–Crippen LogP) is 0.846. The molecule has 1 atom stereocenters. The summed E-state index contributed by atoms with van der Waals surface area (Å²) in [6.07, 6.45) is 3.06. The molecule has 0 saturated heterocycles. The average molecular weight is 237 g/mol. The Labute approximate surface area is 98.8 Å². The van der Waals surface area contributed by atoms with Crippen molar-refractivity contribution in [3.05, 3.63) is 24.0 Å². The van der Waals surface area contributed by atoms with Gasteiger partial charge < -0.3 is 16.2 Å². The molecule has 1 aromatic rings. The molecule has 0 aromatic carbocycles. The van der Waals surface area contributed by atoms with Crippen molar-refractivity contribution in [2.75, 3.05) is 5.32 Å². The van der Waals surface area contributed by atoms with E-state index >= 15 is 0 Å². The average Bonchev–Trinajstić information content (AvgIpc) is 2.29. The highest BCUT2D eigenvalue weighted by atomic mass is 16.4. The number of hydrogen-bond acceptors (Lipinski definition) is 4. The van der Waals surface area contributed by atoms with Gasteiger partial charge in [0.1, 0.15) is 0 Å². The number of nitrogens with two attached hydrogens (primary N) is 1. The Morgan fingerprint density at radius 2 is 2.18 bits per heavy atom. The maximum Gasteiger partial charge on any atom is 0.337 e. The molecule has 0 bridgehead atoms. The zero-order chi connectivity index (χ0) is 13.1. The number of pyridine rings is 1. The van der Waals surface area contributed by atoms with Gasteiger partial charge >= 0.3 is 5.97 Å². The van der Waals surface area contributed by atoms with Crippen LogP contribution in [0.25, 0.3) is 0 Å². The van der Waals surface area contributed by atoms with Gasteiger partial charge in [0.05, 0.1) is 23.0 Å². The number of aromatic nitrogens is 1. The molecule has 1 unspecified atom stereocenters. The van der Waals surface area contributed by atoms with E-state index in [1.165, 1.54) is 18.5 Å². The molecule has 1 rings (SSSR count). The minimum Gasteiger partial charge on any atom is -0.478 e. The van der Waals surface area contributed by atoms with Crippen LogP contribution in [0.1, 0.15) is 30.6 Å². The molecule has 0 saturated carbocycles. The van der Waals surface area contributed by atoms with Crippen molar-refractivity contribution in [1.29, 1.82) is 0 Å². The van der Waals surface area contributed by atoms with Gasteiger partial charge in [0.2, 0.25) is 5.91 Å². The van der Waals surface area contributed by atoms with Crippen molar-refractivity contribution in [2.45, 2.75) is 25.8 Å². The number of anilines is 1. The molecule has 0 fully saturated rings. The van der Waals surface area contributed by atoms with Crippen LogP contribution in [-0.4, -0.2) is 27.5 Å². The first-order chi connectivity index (χ1) is 7.86. The summed E-state index contributed by atoms with van der Waals surface area (Å²) < 4.78 is 0. The van der Waals surface area contributed by atoms with E-state index in [1.54, 1.807) is 13.8 Å². The Morgan fingerprint density at radius 3 is 2.71 bits per heavy atom. The maximum absolute atomic E-state index is 11.7. The number of amides is 1. The van der Waals surface area contributed by atoms with Crippen LogP contribution in [0, 0.1) is 0 Å². The third-order valence-corrected chi connectivity index (χ3v) is 2.50. The third-order valence-electron chi connectivity index (χ3n) is 2.50. The summed E-state index contributed by atoms with van der Waals surface area (Å²) in [6, 6.07) is 1.33. The van der Waals surface area contributed by atoms with Crippen LogP contribution < -0.4 is 11.1 Å². The van der Waals surface area contributed by atoms with E-state index in [4.69, 9.17) is 10.8 Å². The molecule has 17 heavy (non-hydrogen) atoms. The number of aromatic carboxylic acids is 1. The molecule has 0 aliphatic carbocycles. The highest BCUT2D eigenvalue weighted by Gasteiger charge is 2.26. The standard InChI is InChI=1S/C11H15N3O3/c1-3-11(2,12)10(17)14-8-4-7(9(15)16)5-13-6-8/h4-6H,3,12H2,1-2H3,(H,14,17)(H,15,16). The van der Waals surface area contributed by atoms with Crippen molar-refractivity contribution < 1.29 is 14.7 Å². The number of rotatable bonds is 4. The minimum absolute atomic E-state index is 0.0121. The summed E-state index contributed by atoms with van der Waals surface area (Å²) in [4.78, 5) is 26.2. The number of carboxylic acid groups (broad SMARTS) is 1. The number of nitrogens with zero attached hydrogens (tertiary/aromatic N) is 1. The smallest absolute Gasteiger partial charge is 0.337 e. The van der Waals surface area contributed by atoms with Gasteiger partial charge in [-0.2, -0.15) is 0 Å². The van der Waals surface area contributed by atoms with Crippen molar-refractivity contribution >= 4 is 17.6 Å². The molecule has 0 radical (unpaired) electrons. The van der Waals surface area contributed by atoms with Crippen LogP contribution >= 0.6 is 0 Å². The first-order valence-electron chi connectivity index (χ1n) is 5.15. The highest BCUT2D eigenvalue weighted by Crippen LogP contribution is 2.12. The van der Waals surface area contributed by atoms with E-state index in [-0.39, 0.29) is 11.5 Å². The zero-order valence-electron chi connectivity index (χ0n) is 9.73. The van der Waals surface area contributed by atoms with E-state index in [2.05, 4.69) is 10.3 Å². The Hall–Kier alpha value is -1.95. The maximum atomic E-state index is 11.7. The van der Waals surface area contributed by atoms with Crippen LogP contribution in [0.5, 0.6) is 0 Å². The normalized spacial score (nSPS) is 13.8. The Kier molecular flexibility index (Phi) is 3.80. The quantitative estimate of drug-likeness (QED) is 0.719. The summed E-state index contributed by atoms with van der Waals surface area (Å²) in [5.41, 5.74) is 5.10. The number of hydrogen-bond donors (Lipinski definition) is 3. The van der Waals surface area contributed by atoms with Crippen molar-refractivity contribution in [1.82, 2.24) is 4.98 Å². The van der Waals surface area contributed by atoms with Crippen molar-refractivity contribution in [3.8, 4) is 0 Å². The fourth-order valence-corrected chi connectivity index (χ4v) is 1.06. The van der Waals surface area contributed by atoms with Gasteiger partial charge in [0.25, 0.3) is 0 Å². The van der Waals surface area contributed by atoms with E-state index in [0.29, 0.717) is 12.1 Å². The van der Waals surface area contributed by atoms with Gasteiger partial charge in [0.15, 0.2) is 0 Å². The first kappa shape index (κ1) is 13.1. The van der Waals surface area contributed by atoms with Gasteiger partial charge in [-0.15, -0.1) is 0 Å². The summed E-state index contributed by atoms with van der Waals surface area (Å²) in [6.45, 7) is 3.41. The highest BCUT2D eigenvalue weighted by molar-refractivity contribution is 5.98. The molecule has 6 heteroatoms. The summed E-state index contributed by atoms with van der Waals surface area (Å²) in [7, 11) is 0. The minimum atomic E-state index is -1.10. The molecule has 0 aliphatic rings. The second kappa shape index (κ2) is 4.92. The van der Waals surface area contributed by atoms with Crippen LogP contribution in [0.4, 0.5) is 5.69 Å². The molecule has 1 heterocycles. The SMILES string of the molecule is CCC(C)(N)C(=O)Nc1cncc(C(=O)O)c1. The summed E-state index contributed by atoms with van der Waals surface area (Å²) in [5.74, 6) is -1.47. The fourth-order valence-electron chi connectivity index (χ4n) is 1.06. The molecular weight excluding hydrogens is 222 g/mol. The lowest BCUT2D eigenvalue weighted by Crippen LogP contribution is -2.47. The van der Waals surface area contributed by atoms with Crippen LogP contribution in [-0.2, 0) is 4.79 Å². The largest absolute Gasteiger partial charge is 0.478 e. The lowest BCUT2D eigenvalue weighted by Gasteiger charge is -2.21. The van der Waals surface area contributed by atoms with E-state index in [9.17, 15) is 9.59 Å². The molecular formula is C11H15N3O3. The summed E-state index contributed by atoms with van der Waals surface area (Å²) in [5, 5.41) is 11.3. The topological polar surface area (TPSA) is 105 Å². The van der Waals surface area contributed by atoms with Gasteiger partial charge in [-0.25, -0.2) is 4.79 Å². The summed E-state index contributed by atoms with van der Waals surface area (Å²) >= 11 is 0. The molecule has 1 amide bonds. The van der Waals surface area contributed by atoms with Crippen LogP contribution in [0.3, 0.4) is 0 Å². The van der Waals surface area contributed by atoms with E-state index in [1.807, 2.05) is 0 Å². The van der Waals surface area contributed by atoms with Crippen molar-refractivity contribution in [2.24, 2.45) is 5.73 Å². The zero-order valence-corrected chi connectivity index (χ0v) is 9.73. The monoisotopic (exact) mass is 237 g/mol. The molecule has 0 spiro atoms. The second-order valence-corrected chi connectivity index (χ2v) is 3.99. The molecule has 92 valence electrons. The van der Waals surface area contributed by atoms with Gasteiger partial charge in [-0.1, -0.05) is 6.92 Å². The van der Waals surface area contributed by atoms with Crippen LogP contribution in [0.2, 0.25) is 0 Å². The van der Waals surface area contributed by atoms with E-state index in [0.717, 1.165) is 0 Å². The predicted molar refractivity (Wildman–Crippen MR) is 62.7 cm³/mol. The molecule has 1 aromatic heterocycles. The second-order valence-electron chi connectivity index (χ2n) is 3.99. The van der Waals surface area contributed by atoms with Gasteiger partial charge in [-0.3, -0.25) is 9.78 Å². The van der Waals surface area contributed by atoms with Crippen LogP contribution in [0.15, 0.2) is 18.5 Å². The lowest BCUT2D eigenvalue weighted by atomic mass is 9.99. The lowest BCUT2D eigenvalue weighted by molar-refractivity contribution is -0.120. The Morgan fingerprint density at radius 1 is 1.53 bits per heavy atom. The Bertz CT molecular complexity index is 443. The van der Waals surface area contributed by atoms with Gasteiger partial charge in [0, 0.05) is 6.20 Å². The number of nitrogens with one attached hydrogen (secondary N) is 1. The molecule has 0 aliphatic heterocycles. The first-order valence-corrected chi connectivity index (χ1v) is 5.15.